The third-order valence-corrected chi connectivity index (χ3v) is 5.10. The number of aromatic nitrogens is 2. The molecule has 0 unspecified atom stereocenters. The highest BCUT2D eigenvalue weighted by Gasteiger charge is 2.35. The fourth-order valence-corrected chi connectivity index (χ4v) is 3.79. The molecule has 1 amide bonds. The lowest BCUT2D eigenvalue weighted by molar-refractivity contribution is 0.0908. The monoisotopic (exact) mass is 377 g/mol. The van der Waals surface area contributed by atoms with Gasteiger partial charge in [0.2, 0.25) is 0 Å². The van der Waals surface area contributed by atoms with Gasteiger partial charge in [-0.05, 0) is 55.2 Å². The maximum atomic E-state index is 12.6. The molecule has 0 radical (unpaired) electrons. The van der Waals surface area contributed by atoms with E-state index in [4.69, 9.17) is 4.42 Å². The van der Waals surface area contributed by atoms with Crippen LogP contribution in [0.5, 0.6) is 0 Å². The minimum atomic E-state index is -0.169. The summed E-state index contributed by atoms with van der Waals surface area (Å²) in [6.07, 6.45) is 2.91. The van der Waals surface area contributed by atoms with Crippen molar-refractivity contribution in [2.75, 3.05) is 0 Å². The summed E-state index contributed by atoms with van der Waals surface area (Å²) in [4.78, 5) is 24.9. The van der Waals surface area contributed by atoms with Gasteiger partial charge in [0.15, 0.2) is 5.78 Å². The van der Waals surface area contributed by atoms with Gasteiger partial charge in [-0.25, -0.2) is 4.68 Å². The van der Waals surface area contributed by atoms with E-state index in [1.165, 1.54) is 0 Å². The minimum Gasteiger partial charge on any atom is -0.467 e. The van der Waals surface area contributed by atoms with E-state index in [-0.39, 0.29) is 17.1 Å². The van der Waals surface area contributed by atoms with Crippen molar-refractivity contribution >= 4 is 11.7 Å². The third kappa shape index (κ3) is 3.38. The predicted octanol–water partition coefficient (Wildman–Crippen LogP) is 3.86. The summed E-state index contributed by atoms with van der Waals surface area (Å²) < 4.78 is 7.06. The molecule has 0 saturated heterocycles. The zero-order valence-electron chi connectivity index (χ0n) is 16.3. The second-order valence-electron chi connectivity index (χ2n) is 8.07. The van der Waals surface area contributed by atoms with E-state index in [2.05, 4.69) is 24.3 Å². The number of aryl methyl sites for hydroxylation is 1. The van der Waals surface area contributed by atoms with Gasteiger partial charge < -0.3 is 9.73 Å². The number of carbonyl (C=O) groups is 2. The molecule has 4 rings (SSSR count). The molecule has 28 heavy (non-hydrogen) atoms. The van der Waals surface area contributed by atoms with Crippen molar-refractivity contribution in [3.05, 3.63) is 70.9 Å². The number of rotatable bonds is 4. The summed E-state index contributed by atoms with van der Waals surface area (Å²) in [5.74, 6) is 0.692. The molecule has 0 fully saturated rings. The number of fused-ring (bicyclic) bond motifs is 1. The van der Waals surface area contributed by atoms with Crippen molar-refractivity contribution in [2.24, 2.45) is 5.41 Å². The Morgan fingerprint density at radius 1 is 1.21 bits per heavy atom. The van der Waals surface area contributed by atoms with E-state index in [0.717, 1.165) is 29.1 Å². The number of nitrogens with one attached hydrogen (secondary N) is 1. The van der Waals surface area contributed by atoms with Crippen LogP contribution in [0.4, 0.5) is 0 Å². The van der Waals surface area contributed by atoms with E-state index in [9.17, 15) is 9.59 Å². The van der Waals surface area contributed by atoms with Gasteiger partial charge in [0.05, 0.1) is 35.4 Å². The number of hydrogen-bond acceptors (Lipinski definition) is 4. The molecule has 2 aromatic heterocycles. The molecular weight excluding hydrogens is 354 g/mol. The summed E-state index contributed by atoms with van der Waals surface area (Å²) in [5.41, 5.74) is 3.78. The first-order valence-electron chi connectivity index (χ1n) is 9.37. The van der Waals surface area contributed by atoms with Crippen molar-refractivity contribution in [3.8, 4) is 5.69 Å². The van der Waals surface area contributed by atoms with Crippen LogP contribution < -0.4 is 5.32 Å². The molecule has 0 bridgehead atoms. The molecule has 1 aliphatic rings. The highest BCUT2D eigenvalue weighted by atomic mass is 16.3. The Hall–Kier alpha value is -3.15. The van der Waals surface area contributed by atoms with E-state index in [0.29, 0.717) is 24.3 Å². The number of hydrogen-bond donors (Lipinski definition) is 1. The van der Waals surface area contributed by atoms with Crippen molar-refractivity contribution in [2.45, 2.75) is 40.2 Å². The first-order valence-corrected chi connectivity index (χ1v) is 9.37. The smallest absolute Gasteiger partial charge is 0.251 e. The van der Waals surface area contributed by atoms with Crippen LogP contribution in [0.3, 0.4) is 0 Å². The van der Waals surface area contributed by atoms with Crippen LogP contribution >= 0.6 is 0 Å². The van der Waals surface area contributed by atoms with E-state index < -0.39 is 0 Å². The van der Waals surface area contributed by atoms with Crippen LogP contribution in [0.15, 0.2) is 47.1 Å². The molecule has 0 spiro atoms. The van der Waals surface area contributed by atoms with Crippen LogP contribution in [0, 0.1) is 12.3 Å². The van der Waals surface area contributed by atoms with Crippen molar-refractivity contribution in [3.63, 3.8) is 0 Å². The number of Topliss-reactive ketones (excluding diaryl/α,β-unsaturated/α-hetero) is 1. The Bertz CT molecular complexity index is 1030. The lowest BCUT2D eigenvalue weighted by Crippen LogP contribution is -2.28. The number of furan rings is 1. The van der Waals surface area contributed by atoms with Crippen LogP contribution in [-0.2, 0) is 13.0 Å². The average molecular weight is 377 g/mol. The lowest BCUT2D eigenvalue weighted by Gasteiger charge is -2.29. The number of nitrogens with zero attached hydrogens (tertiary/aromatic N) is 2. The average Bonchev–Trinajstić information content (AvgIpc) is 3.27. The number of benzene rings is 1. The van der Waals surface area contributed by atoms with Crippen LogP contribution in [0.2, 0.25) is 0 Å². The van der Waals surface area contributed by atoms with E-state index >= 15 is 0 Å². The van der Waals surface area contributed by atoms with Gasteiger partial charge in [-0.1, -0.05) is 13.8 Å². The fraction of sp³-hybridized carbons (Fsp3) is 0.318. The first kappa shape index (κ1) is 18.2. The number of amides is 1. The quantitative estimate of drug-likeness (QED) is 0.749. The highest BCUT2D eigenvalue weighted by molar-refractivity contribution is 6.00. The van der Waals surface area contributed by atoms with Crippen molar-refractivity contribution in [1.29, 1.82) is 0 Å². The SMILES string of the molecule is Cc1nn(-c2ccc(C(=O)NCc3ccco3)cc2)c2c1C(=O)CC(C)(C)C2. The Morgan fingerprint density at radius 3 is 2.64 bits per heavy atom. The molecule has 2 heterocycles. The molecule has 6 heteroatoms. The number of carbonyl (C=O) groups excluding carboxylic acids is 2. The molecule has 0 saturated carbocycles. The second-order valence-corrected chi connectivity index (χ2v) is 8.07. The molecule has 0 aliphatic heterocycles. The van der Waals surface area contributed by atoms with E-state index in [1.807, 2.05) is 29.8 Å². The second kappa shape index (κ2) is 6.78. The summed E-state index contributed by atoms with van der Waals surface area (Å²) in [6, 6.07) is 10.9. The summed E-state index contributed by atoms with van der Waals surface area (Å²) >= 11 is 0. The molecule has 0 atom stereocenters. The van der Waals surface area contributed by atoms with Crippen molar-refractivity contribution in [1.82, 2.24) is 15.1 Å². The number of ketones is 1. The highest BCUT2D eigenvalue weighted by Crippen LogP contribution is 2.36. The standard InChI is InChI=1S/C22H23N3O3/c1-14-20-18(11-22(2,3)12-19(20)26)25(24-14)16-8-6-15(7-9-16)21(27)23-13-17-5-4-10-28-17/h4-10H,11-13H2,1-3H3,(H,23,27). The van der Waals surface area contributed by atoms with Gasteiger partial charge in [0, 0.05) is 12.0 Å². The third-order valence-electron chi connectivity index (χ3n) is 5.10. The molecule has 144 valence electrons. The molecule has 1 aromatic carbocycles. The zero-order chi connectivity index (χ0) is 19.9. The predicted molar refractivity (Wildman–Crippen MR) is 105 cm³/mol. The molecular formula is C22H23N3O3. The fourth-order valence-electron chi connectivity index (χ4n) is 3.79. The Labute approximate surface area is 163 Å². The largest absolute Gasteiger partial charge is 0.467 e. The topological polar surface area (TPSA) is 77.1 Å². The first-order chi connectivity index (χ1) is 13.3. The Kier molecular flexibility index (Phi) is 4.41. The maximum absolute atomic E-state index is 12.6. The maximum Gasteiger partial charge on any atom is 0.251 e. The van der Waals surface area contributed by atoms with Crippen molar-refractivity contribution < 1.29 is 14.0 Å². The zero-order valence-corrected chi connectivity index (χ0v) is 16.3. The summed E-state index contributed by atoms with van der Waals surface area (Å²) in [7, 11) is 0. The van der Waals surface area contributed by atoms with Gasteiger partial charge in [0.25, 0.3) is 5.91 Å². The van der Waals surface area contributed by atoms with Gasteiger partial charge in [-0.2, -0.15) is 5.10 Å². The Morgan fingerprint density at radius 2 is 1.96 bits per heavy atom. The van der Waals surface area contributed by atoms with Gasteiger partial charge in [-0.15, -0.1) is 0 Å². The Balaban J connectivity index is 1.57. The summed E-state index contributed by atoms with van der Waals surface area (Å²) in [6.45, 7) is 6.43. The molecule has 1 aliphatic carbocycles. The van der Waals surface area contributed by atoms with Gasteiger partial charge >= 0.3 is 0 Å². The lowest BCUT2D eigenvalue weighted by atomic mass is 9.75. The molecule has 1 N–H and O–H groups in total. The van der Waals surface area contributed by atoms with E-state index in [1.54, 1.807) is 24.5 Å². The van der Waals surface area contributed by atoms with Crippen LogP contribution in [0.25, 0.3) is 5.69 Å². The van der Waals surface area contributed by atoms with Gasteiger partial charge in [-0.3, -0.25) is 9.59 Å². The molecule has 3 aromatic rings. The van der Waals surface area contributed by atoms with Crippen LogP contribution in [-0.4, -0.2) is 21.5 Å². The molecule has 6 nitrogen and oxygen atoms in total. The van der Waals surface area contributed by atoms with Crippen LogP contribution in [0.1, 0.15) is 58.1 Å². The van der Waals surface area contributed by atoms with Gasteiger partial charge in [0.1, 0.15) is 5.76 Å². The summed E-state index contributed by atoms with van der Waals surface area (Å²) in [5, 5.41) is 7.44. The minimum absolute atomic E-state index is 0.0833. The normalized spacial score (nSPS) is 15.3.